The van der Waals surface area contributed by atoms with Crippen molar-refractivity contribution in [2.24, 2.45) is 0 Å². The Morgan fingerprint density at radius 2 is 2.22 bits per heavy atom. The lowest BCUT2D eigenvalue weighted by Gasteiger charge is -2.09. The minimum atomic E-state index is -2.98. The first-order chi connectivity index (χ1) is 12.9. The van der Waals surface area contributed by atoms with E-state index in [2.05, 4.69) is 20.3 Å². The molecule has 0 aliphatic carbocycles. The number of carbonyl (C=O) groups is 1. The highest BCUT2D eigenvalue weighted by Gasteiger charge is 2.15. The summed E-state index contributed by atoms with van der Waals surface area (Å²) in [5.41, 5.74) is 0.348. The van der Waals surface area contributed by atoms with E-state index in [-0.39, 0.29) is 22.4 Å². The fourth-order valence-corrected chi connectivity index (χ4v) is 3.63. The van der Waals surface area contributed by atoms with E-state index in [0.717, 1.165) is 16.6 Å². The molecule has 0 spiro atoms. The Kier molecular flexibility index (Phi) is 6.14. The number of benzene rings is 1. The molecule has 27 heavy (non-hydrogen) atoms. The predicted octanol–water partition coefficient (Wildman–Crippen LogP) is 3.71. The molecular weight excluding hydrogens is 420 g/mol. The maximum Gasteiger partial charge on any atom is 0.387 e. The lowest BCUT2D eigenvalue weighted by molar-refractivity contribution is -0.113. The number of rotatable bonds is 7. The van der Waals surface area contributed by atoms with Crippen molar-refractivity contribution < 1.29 is 18.3 Å². The molecule has 0 radical (unpaired) electrons. The van der Waals surface area contributed by atoms with Crippen LogP contribution in [0.5, 0.6) is 5.75 Å². The molecule has 0 aliphatic heterocycles. The molecule has 0 atom stereocenters. The average Bonchev–Trinajstić information content (AvgIpc) is 3.25. The van der Waals surface area contributed by atoms with Gasteiger partial charge in [-0.15, -0.1) is 21.5 Å². The highest BCUT2D eigenvalue weighted by molar-refractivity contribution is 7.99. The second kappa shape index (κ2) is 8.55. The van der Waals surface area contributed by atoms with Gasteiger partial charge in [-0.2, -0.15) is 8.78 Å². The zero-order valence-electron chi connectivity index (χ0n) is 13.4. The molecule has 12 heteroatoms. The molecule has 1 aromatic carbocycles. The van der Waals surface area contributed by atoms with Crippen LogP contribution in [0.4, 0.5) is 14.5 Å². The summed E-state index contributed by atoms with van der Waals surface area (Å²) in [4.78, 5) is 12.9. The van der Waals surface area contributed by atoms with Crippen LogP contribution in [0.25, 0.3) is 10.7 Å². The van der Waals surface area contributed by atoms with Crippen molar-refractivity contribution in [1.82, 2.24) is 14.9 Å². The van der Waals surface area contributed by atoms with Crippen LogP contribution in [0.2, 0.25) is 5.02 Å². The summed E-state index contributed by atoms with van der Waals surface area (Å²) in [5.74, 6) is 5.97. The maximum absolute atomic E-state index is 12.2. The molecule has 0 fully saturated rings. The first kappa shape index (κ1) is 19.4. The highest BCUT2D eigenvalue weighted by Crippen LogP contribution is 2.29. The van der Waals surface area contributed by atoms with Crippen molar-refractivity contribution in [3.63, 3.8) is 0 Å². The first-order valence-electron chi connectivity index (χ1n) is 7.35. The predicted molar refractivity (Wildman–Crippen MR) is 101 cm³/mol. The van der Waals surface area contributed by atoms with Gasteiger partial charge in [-0.1, -0.05) is 29.4 Å². The molecule has 0 aliphatic rings. The molecule has 3 rings (SSSR count). The Morgan fingerprint density at radius 3 is 2.89 bits per heavy atom. The normalized spacial score (nSPS) is 11.0. The zero-order valence-corrected chi connectivity index (χ0v) is 15.8. The van der Waals surface area contributed by atoms with Crippen LogP contribution in [-0.4, -0.2) is 33.1 Å². The van der Waals surface area contributed by atoms with Gasteiger partial charge < -0.3 is 15.9 Å². The molecule has 142 valence electrons. The number of thioether (sulfide) groups is 1. The third-order valence-electron chi connectivity index (χ3n) is 3.17. The summed E-state index contributed by atoms with van der Waals surface area (Å²) >= 11 is 8.43. The maximum atomic E-state index is 12.2. The van der Waals surface area contributed by atoms with Gasteiger partial charge in [-0.05, 0) is 29.6 Å². The summed E-state index contributed by atoms with van der Waals surface area (Å²) in [6.45, 7) is -2.98. The Morgan fingerprint density at radius 1 is 1.41 bits per heavy atom. The smallest absolute Gasteiger partial charge is 0.387 e. The largest absolute Gasteiger partial charge is 0.433 e. The van der Waals surface area contributed by atoms with Crippen molar-refractivity contribution in [2.45, 2.75) is 11.8 Å². The number of alkyl halides is 2. The fourth-order valence-electron chi connectivity index (χ4n) is 2.05. The number of hydrogen-bond acceptors (Lipinski definition) is 7. The van der Waals surface area contributed by atoms with Gasteiger partial charge >= 0.3 is 6.61 Å². The van der Waals surface area contributed by atoms with E-state index in [0.29, 0.717) is 16.7 Å². The Hall–Kier alpha value is -2.37. The number of nitrogens with zero attached hydrogens (tertiary/aromatic N) is 3. The molecule has 2 heterocycles. The number of anilines is 1. The van der Waals surface area contributed by atoms with Crippen molar-refractivity contribution in [3.8, 4) is 16.5 Å². The Balaban J connectivity index is 1.58. The van der Waals surface area contributed by atoms with E-state index in [1.807, 2.05) is 17.5 Å². The van der Waals surface area contributed by atoms with E-state index in [4.69, 9.17) is 17.4 Å². The van der Waals surface area contributed by atoms with Gasteiger partial charge in [0.25, 0.3) is 0 Å². The van der Waals surface area contributed by atoms with Crippen LogP contribution in [-0.2, 0) is 4.79 Å². The van der Waals surface area contributed by atoms with Crippen LogP contribution < -0.4 is 15.9 Å². The number of nitrogen functional groups attached to an aromatic ring is 1. The molecule has 1 amide bonds. The van der Waals surface area contributed by atoms with E-state index in [9.17, 15) is 13.6 Å². The third kappa shape index (κ3) is 4.87. The molecule has 0 unspecified atom stereocenters. The van der Waals surface area contributed by atoms with Crippen molar-refractivity contribution >= 4 is 46.3 Å². The molecule has 0 saturated heterocycles. The number of aromatic nitrogens is 3. The van der Waals surface area contributed by atoms with E-state index >= 15 is 0 Å². The molecular formula is C15H12ClF2N5O2S2. The van der Waals surface area contributed by atoms with Gasteiger partial charge in [0.1, 0.15) is 5.75 Å². The van der Waals surface area contributed by atoms with Crippen LogP contribution in [0.15, 0.2) is 40.9 Å². The molecule has 3 N–H and O–H groups in total. The van der Waals surface area contributed by atoms with Crippen molar-refractivity contribution in [2.75, 3.05) is 16.9 Å². The number of nitrogens with two attached hydrogens (primary N) is 1. The molecule has 0 bridgehead atoms. The Labute approximate surface area is 165 Å². The second-order valence-electron chi connectivity index (χ2n) is 5.01. The first-order valence-corrected chi connectivity index (χ1v) is 9.59. The third-order valence-corrected chi connectivity index (χ3v) is 5.27. The number of halogens is 3. The van der Waals surface area contributed by atoms with Crippen LogP contribution in [0.1, 0.15) is 0 Å². The number of nitrogens with one attached hydrogen (secondary N) is 1. The number of carbonyl (C=O) groups excluding carboxylic acids is 1. The lowest BCUT2D eigenvalue weighted by atomic mass is 10.3. The van der Waals surface area contributed by atoms with E-state index in [1.54, 1.807) is 0 Å². The van der Waals surface area contributed by atoms with Gasteiger partial charge in [0.15, 0.2) is 5.82 Å². The SMILES string of the molecule is Nn1c(SCC(=O)Nc2ccc(OC(F)F)c(Cl)c2)nnc1-c1cccs1. The zero-order chi connectivity index (χ0) is 19.4. The van der Waals surface area contributed by atoms with Gasteiger partial charge in [0.2, 0.25) is 11.1 Å². The molecule has 3 aromatic rings. The number of hydrogen-bond donors (Lipinski definition) is 2. The summed E-state index contributed by atoms with van der Waals surface area (Å²) in [5, 5.41) is 12.8. The summed E-state index contributed by atoms with van der Waals surface area (Å²) in [7, 11) is 0. The highest BCUT2D eigenvalue weighted by atomic mass is 35.5. The summed E-state index contributed by atoms with van der Waals surface area (Å²) in [6.07, 6.45) is 0. The molecule has 7 nitrogen and oxygen atoms in total. The topological polar surface area (TPSA) is 95.1 Å². The number of thiophene rings is 1. The monoisotopic (exact) mass is 431 g/mol. The summed E-state index contributed by atoms with van der Waals surface area (Å²) in [6, 6.07) is 7.72. The standard InChI is InChI=1S/C15H12ClF2N5O2S2/c16-9-6-8(3-4-10(9)25-14(17)18)20-12(24)7-27-15-22-21-13(23(15)19)11-2-1-5-26-11/h1-6,14H,7,19H2,(H,20,24). The van der Waals surface area contributed by atoms with Crippen molar-refractivity contribution in [1.29, 1.82) is 0 Å². The molecule has 2 aromatic heterocycles. The van der Waals surface area contributed by atoms with Gasteiger partial charge in [-0.25, -0.2) is 4.68 Å². The average molecular weight is 432 g/mol. The minimum absolute atomic E-state index is 0.0205. The van der Waals surface area contributed by atoms with Crippen LogP contribution in [0, 0.1) is 0 Å². The van der Waals surface area contributed by atoms with Gasteiger partial charge in [-0.3, -0.25) is 4.79 Å². The second-order valence-corrected chi connectivity index (χ2v) is 7.31. The molecule has 0 saturated carbocycles. The van der Waals surface area contributed by atoms with Crippen LogP contribution in [0.3, 0.4) is 0 Å². The van der Waals surface area contributed by atoms with Gasteiger partial charge in [0, 0.05) is 5.69 Å². The Bertz CT molecular complexity index is 936. The fraction of sp³-hybridized carbons (Fsp3) is 0.133. The van der Waals surface area contributed by atoms with Crippen molar-refractivity contribution in [3.05, 3.63) is 40.7 Å². The quantitative estimate of drug-likeness (QED) is 0.437. The van der Waals surface area contributed by atoms with E-state index < -0.39 is 6.61 Å². The number of amides is 1. The summed E-state index contributed by atoms with van der Waals surface area (Å²) < 4.78 is 30.0. The van der Waals surface area contributed by atoms with Crippen LogP contribution >= 0.6 is 34.7 Å². The van der Waals surface area contributed by atoms with Gasteiger partial charge in [0.05, 0.1) is 15.7 Å². The lowest BCUT2D eigenvalue weighted by Crippen LogP contribution is -2.16. The minimum Gasteiger partial charge on any atom is -0.433 e. The van der Waals surface area contributed by atoms with E-state index in [1.165, 1.54) is 34.2 Å². The number of ether oxygens (including phenoxy) is 1.